The number of nitrogens with zero attached hydrogens (tertiary/aromatic N) is 2. The first-order chi connectivity index (χ1) is 13.8. The molecule has 0 atom stereocenters. The Bertz CT molecular complexity index is 1220. The zero-order valence-electron chi connectivity index (χ0n) is 15.8. The number of benzene rings is 2. The van der Waals surface area contributed by atoms with E-state index in [1.807, 2.05) is 0 Å². The largest absolute Gasteiger partial charge is 0.495 e. The molecule has 1 heterocycles. The summed E-state index contributed by atoms with van der Waals surface area (Å²) in [5.41, 5.74) is 0.607. The highest BCUT2D eigenvalue weighted by molar-refractivity contribution is 7.91. The number of carbonyl (C=O) groups is 1. The third-order valence-electron chi connectivity index (χ3n) is 4.09. The summed E-state index contributed by atoms with van der Waals surface area (Å²) in [6.07, 6.45) is 0. The topological polar surface area (TPSA) is 107 Å². The Labute approximate surface area is 167 Å². The van der Waals surface area contributed by atoms with Crippen LogP contribution in [0.1, 0.15) is 5.56 Å². The van der Waals surface area contributed by atoms with Gasteiger partial charge >= 0.3 is 0 Å². The molecule has 0 fully saturated rings. The summed E-state index contributed by atoms with van der Waals surface area (Å²) >= 11 is 0. The Morgan fingerprint density at radius 3 is 2.59 bits per heavy atom. The van der Waals surface area contributed by atoms with E-state index < -0.39 is 27.8 Å². The molecule has 9 heteroatoms. The van der Waals surface area contributed by atoms with Gasteiger partial charge in [-0.25, -0.2) is 13.1 Å². The van der Waals surface area contributed by atoms with E-state index in [0.29, 0.717) is 11.4 Å². The third-order valence-corrected chi connectivity index (χ3v) is 5.73. The first-order valence-electron chi connectivity index (χ1n) is 8.64. The normalized spacial score (nSPS) is 11.1. The smallest absolute Gasteiger partial charge is 0.267 e. The highest BCUT2D eigenvalue weighted by Crippen LogP contribution is 2.23. The number of para-hydroxylation sites is 2. The summed E-state index contributed by atoms with van der Waals surface area (Å²) in [6.45, 7) is 1.32. The number of aromatic nitrogens is 2. The number of sulfone groups is 1. The van der Waals surface area contributed by atoms with E-state index in [1.54, 1.807) is 43.3 Å². The molecule has 0 bridgehead atoms. The molecular formula is C20H19N3O5S. The van der Waals surface area contributed by atoms with Gasteiger partial charge in [0.25, 0.3) is 5.56 Å². The van der Waals surface area contributed by atoms with Crippen molar-refractivity contribution in [1.29, 1.82) is 0 Å². The SMILES string of the molecule is COc1ccccc1NC(=O)Cn1nc(S(=O)(=O)c2cccc(C)c2)ccc1=O. The van der Waals surface area contributed by atoms with Gasteiger partial charge in [-0.05, 0) is 42.8 Å². The van der Waals surface area contributed by atoms with Gasteiger partial charge in [0, 0.05) is 6.07 Å². The molecule has 2 aromatic carbocycles. The molecule has 1 amide bonds. The molecule has 29 heavy (non-hydrogen) atoms. The maximum atomic E-state index is 12.8. The van der Waals surface area contributed by atoms with Gasteiger partial charge < -0.3 is 10.1 Å². The van der Waals surface area contributed by atoms with E-state index >= 15 is 0 Å². The number of aryl methyl sites for hydroxylation is 1. The fourth-order valence-electron chi connectivity index (χ4n) is 2.66. The van der Waals surface area contributed by atoms with Gasteiger partial charge in [0.1, 0.15) is 12.3 Å². The van der Waals surface area contributed by atoms with Crippen LogP contribution >= 0.6 is 0 Å². The molecule has 3 rings (SSSR count). The molecule has 0 unspecified atom stereocenters. The van der Waals surface area contributed by atoms with Crippen molar-refractivity contribution in [2.75, 3.05) is 12.4 Å². The molecular weight excluding hydrogens is 394 g/mol. The predicted octanol–water partition coefficient (Wildman–Crippen LogP) is 2.03. The van der Waals surface area contributed by atoms with Crippen LogP contribution in [-0.2, 0) is 21.2 Å². The second-order valence-corrected chi connectivity index (χ2v) is 8.13. The number of ether oxygens (including phenoxy) is 1. The molecule has 0 aliphatic rings. The number of hydrogen-bond donors (Lipinski definition) is 1. The molecule has 0 radical (unpaired) electrons. The molecule has 0 saturated heterocycles. The number of hydrogen-bond acceptors (Lipinski definition) is 6. The van der Waals surface area contributed by atoms with Gasteiger partial charge in [-0.3, -0.25) is 9.59 Å². The monoisotopic (exact) mass is 413 g/mol. The summed E-state index contributed by atoms with van der Waals surface area (Å²) in [5.74, 6) is -0.0915. The van der Waals surface area contributed by atoms with Crippen LogP contribution in [0.5, 0.6) is 5.75 Å². The molecule has 0 saturated carbocycles. The summed E-state index contributed by atoms with van der Waals surface area (Å²) in [4.78, 5) is 24.5. The van der Waals surface area contributed by atoms with Crippen LogP contribution in [0.3, 0.4) is 0 Å². The van der Waals surface area contributed by atoms with E-state index in [1.165, 1.54) is 19.2 Å². The molecule has 3 aromatic rings. The first-order valence-corrected chi connectivity index (χ1v) is 10.1. The lowest BCUT2D eigenvalue weighted by molar-refractivity contribution is -0.117. The number of carbonyl (C=O) groups excluding carboxylic acids is 1. The van der Waals surface area contributed by atoms with E-state index in [4.69, 9.17) is 4.74 Å². The van der Waals surface area contributed by atoms with E-state index in [9.17, 15) is 18.0 Å². The highest BCUT2D eigenvalue weighted by Gasteiger charge is 2.21. The second-order valence-electron chi connectivity index (χ2n) is 6.24. The maximum absolute atomic E-state index is 12.8. The minimum atomic E-state index is -3.93. The highest BCUT2D eigenvalue weighted by atomic mass is 32.2. The molecule has 8 nitrogen and oxygen atoms in total. The van der Waals surface area contributed by atoms with Crippen molar-refractivity contribution in [2.24, 2.45) is 0 Å². The molecule has 150 valence electrons. The minimum absolute atomic E-state index is 0.0636. The summed E-state index contributed by atoms with van der Waals surface area (Å²) in [5, 5.41) is 6.21. The van der Waals surface area contributed by atoms with Crippen molar-refractivity contribution in [3.8, 4) is 5.75 Å². The van der Waals surface area contributed by atoms with E-state index in [0.717, 1.165) is 22.4 Å². The first kappa shape index (κ1) is 20.3. The van der Waals surface area contributed by atoms with Gasteiger partial charge in [0.05, 0.1) is 17.7 Å². The number of anilines is 1. The second kappa shape index (κ2) is 8.27. The molecule has 1 aromatic heterocycles. The average Bonchev–Trinajstić information content (AvgIpc) is 2.70. The molecule has 1 N–H and O–H groups in total. The van der Waals surface area contributed by atoms with Crippen LogP contribution in [0.4, 0.5) is 5.69 Å². The lowest BCUT2D eigenvalue weighted by atomic mass is 10.2. The summed E-state index contributed by atoms with van der Waals surface area (Å²) in [7, 11) is -2.46. The predicted molar refractivity (Wildman–Crippen MR) is 107 cm³/mol. The standard InChI is InChI=1S/C20H19N3O5S/c1-14-6-5-7-15(12-14)29(26,27)19-10-11-20(25)23(22-19)13-18(24)21-16-8-3-4-9-17(16)28-2/h3-12H,13H2,1-2H3,(H,21,24). The Balaban J connectivity index is 1.88. The molecule has 0 spiro atoms. The third kappa shape index (κ3) is 4.52. The Morgan fingerprint density at radius 1 is 1.10 bits per heavy atom. The van der Waals surface area contributed by atoms with Crippen molar-refractivity contribution in [3.63, 3.8) is 0 Å². The van der Waals surface area contributed by atoms with Crippen molar-refractivity contribution in [3.05, 3.63) is 76.6 Å². The van der Waals surface area contributed by atoms with Gasteiger partial charge in [-0.2, -0.15) is 5.10 Å². The van der Waals surface area contributed by atoms with Crippen molar-refractivity contribution in [2.45, 2.75) is 23.4 Å². The fraction of sp³-hybridized carbons (Fsp3) is 0.150. The fourth-order valence-corrected chi connectivity index (χ4v) is 3.96. The quantitative estimate of drug-likeness (QED) is 0.663. The van der Waals surface area contributed by atoms with Crippen molar-refractivity contribution in [1.82, 2.24) is 9.78 Å². The number of rotatable bonds is 6. The molecule has 0 aliphatic heterocycles. The van der Waals surface area contributed by atoms with Crippen molar-refractivity contribution >= 4 is 21.4 Å². The van der Waals surface area contributed by atoms with Crippen LogP contribution in [0.25, 0.3) is 0 Å². The summed E-state index contributed by atoms with van der Waals surface area (Å²) < 4.78 is 31.6. The lowest BCUT2D eigenvalue weighted by Crippen LogP contribution is -2.30. The van der Waals surface area contributed by atoms with Crippen LogP contribution in [0.2, 0.25) is 0 Å². The van der Waals surface area contributed by atoms with Crippen LogP contribution in [-0.4, -0.2) is 31.2 Å². The zero-order valence-corrected chi connectivity index (χ0v) is 16.6. The zero-order chi connectivity index (χ0) is 21.0. The lowest BCUT2D eigenvalue weighted by Gasteiger charge is -2.11. The molecule has 0 aliphatic carbocycles. The van der Waals surface area contributed by atoms with Crippen LogP contribution in [0, 0.1) is 6.92 Å². The van der Waals surface area contributed by atoms with E-state index in [-0.39, 0.29) is 9.92 Å². The number of nitrogens with one attached hydrogen (secondary N) is 1. The van der Waals surface area contributed by atoms with Crippen LogP contribution < -0.4 is 15.6 Å². The van der Waals surface area contributed by atoms with Gasteiger partial charge in [0.15, 0.2) is 5.03 Å². The van der Waals surface area contributed by atoms with Crippen molar-refractivity contribution < 1.29 is 17.9 Å². The Kier molecular flexibility index (Phi) is 5.79. The van der Waals surface area contributed by atoms with Gasteiger partial charge in [-0.1, -0.05) is 24.3 Å². The number of methoxy groups -OCH3 is 1. The van der Waals surface area contributed by atoms with Crippen LogP contribution in [0.15, 0.2) is 75.4 Å². The maximum Gasteiger partial charge on any atom is 0.267 e. The summed E-state index contributed by atoms with van der Waals surface area (Å²) in [6, 6.07) is 15.4. The average molecular weight is 413 g/mol. The number of amides is 1. The Hall–Kier alpha value is -3.46. The van der Waals surface area contributed by atoms with E-state index in [2.05, 4.69) is 10.4 Å². The van der Waals surface area contributed by atoms with Gasteiger partial charge in [-0.15, -0.1) is 0 Å². The minimum Gasteiger partial charge on any atom is -0.495 e. The van der Waals surface area contributed by atoms with Gasteiger partial charge in [0.2, 0.25) is 15.7 Å². The Morgan fingerprint density at radius 2 is 1.86 bits per heavy atom.